The van der Waals surface area contributed by atoms with Crippen LogP contribution in [0.5, 0.6) is 0 Å². The summed E-state index contributed by atoms with van der Waals surface area (Å²) in [5.74, 6) is -1.01. The number of carbonyl (C=O) groups is 2. The number of carbonyl (C=O) groups excluding carboxylic acids is 1. The molecule has 2 amide bonds. The Hall–Kier alpha value is -1.30. The van der Waals surface area contributed by atoms with Crippen molar-refractivity contribution < 1.29 is 19.4 Å². The normalized spacial score (nSPS) is 11.9. The van der Waals surface area contributed by atoms with Gasteiger partial charge in [-0.05, 0) is 20.3 Å². The summed E-state index contributed by atoms with van der Waals surface area (Å²) in [6, 6.07) is -0.489. The summed E-state index contributed by atoms with van der Waals surface area (Å²) in [6.07, 6.45) is 0.723. The molecule has 1 unspecified atom stereocenters. The molecule has 0 radical (unpaired) electrons. The number of nitrogens with one attached hydrogen (secondary N) is 1. The molecule has 17 heavy (non-hydrogen) atoms. The minimum atomic E-state index is -1.01. The van der Waals surface area contributed by atoms with E-state index in [9.17, 15) is 9.59 Å². The molecular formula is C11H22N2O4. The average Bonchev–Trinajstić information content (AvgIpc) is 2.25. The summed E-state index contributed by atoms with van der Waals surface area (Å²) < 4.78 is 5.17. The molecule has 0 aromatic carbocycles. The van der Waals surface area contributed by atoms with Gasteiger partial charge in [-0.2, -0.15) is 0 Å². The Balaban J connectivity index is 4.16. The molecule has 2 N–H and O–H groups in total. The Morgan fingerprint density at radius 1 is 1.41 bits per heavy atom. The first-order valence-corrected chi connectivity index (χ1v) is 5.86. The summed E-state index contributed by atoms with van der Waals surface area (Å²) in [5.41, 5.74) is 0. The lowest BCUT2D eigenvalue weighted by Crippen LogP contribution is -2.47. The van der Waals surface area contributed by atoms with E-state index in [1.807, 2.05) is 20.8 Å². The molecule has 0 rings (SSSR count). The van der Waals surface area contributed by atoms with E-state index in [1.54, 1.807) is 0 Å². The van der Waals surface area contributed by atoms with Crippen LogP contribution in [0.4, 0.5) is 4.79 Å². The predicted molar refractivity (Wildman–Crippen MR) is 64.0 cm³/mol. The molecule has 0 saturated heterocycles. The molecule has 0 saturated carbocycles. The number of ether oxygens (including phenoxy) is 1. The van der Waals surface area contributed by atoms with Crippen LogP contribution in [0.15, 0.2) is 0 Å². The van der Waals surface area contributed by atoms with Crippen LogP contribution in [0.25, 0.3) is 0 Å². The first kappa shape index (κ1) is 15.7. The van der Waals surface area contributed by atoms with Crippen LogP contribution < -0.4 is 5.32 Å². The zero-order chi connectivity index (χ0) is 13.3. The van der Waals surface area contributed by atoms with Crippen molar-refractivity contribution in [1.82, 2.24) is 10.2 Å². The number of urea groups is 1. The van der Waals surface area contributed by atoms with Crippen molar-refractivity contribution in [3.8, 4) is 0 Å². The third kappa shape index (κ3) is 7.57. The van der Waals surface area contributed by atoms with Crippen LogP contribution in [-0.4, -0.2) is 54.4 Å². The van der Waals surface area contributed by atoms with Crippen molar-refractivity contribution >= 4 is 12.0 Å². The highest BCUT2D eigenvalue weighted by molar-refractivity contribution is 5.80. The van der Waals surface area contributed by atoms with Gasteiger partial charge in [-0.1, -0.05) is 6.92 Å². The Kier molecular flexibility index (Phi) is 8.13. The van der Waals surface area contributed by atoms with Gasteiger partial charge in [-0.3, -0.25) is 4.79 Å². The van der Waals surface area contributed by atoms with Crippen LogP contribution in [0.2, 0.25) is 0 Å². The summed E-state index contributed by atoms with van der Waals surface area (Å²) in [4.78, 5) is 23.6. The van der Waals surface area contributed by atoms with E-state index >= 15 is 0 Å². The van der Waals surface area contributed by atoms with Crippen LogP contribution in [0.3, 0.4) is 0 Å². The minimum absolute atomic E-state index is 0.129. The van der Waals surface area contributed by atoms with Gasteiger partial charge in [0.1, 0.15) is 6.54 Å². The Morgan fingerprint density at radius 3 is 2.53 bits per heavy atom. The first-order chi connectivity index (χ1) is 8.01. The molecular weight excluding hydrogens is 224 g/mol. The Morgan fingerprint density at radius 2 is 2.06 bits per heavy atom. The number of hydrogen-bond donors (Lipinski definition) is 2. The molecule has 6 heteroatoms. The average molecular weight is 246 g/mol. The molecule has 0 aliphatic rings. The molecule has 0 aromatic rings. The van der Waals surface area contributed by atoms with Crippen molar-refractivity contribution in [3.63, 3.8) is 0 Å². The number of carboxylic acid groups (broad SMARTS) is 1. The van der Waals surface area contributed by atoms with Gasteiger partial charge in [0, 0.05) is 13.2 Å². The summed E-state index contributed by atoms with van der Waals surface area (Å²) >= 11 is 0. The number of carboxylic acids is 1. The van der Waals surface area contributed by atoms with E-state index in [-0.39, 0.29) is 18.6 Å². The van der Waals surface area contributed by atoms with E-state index in [0.717, 1.165) is 6.42 Å². The second kappa shape index (κ2) is 8.81. The maximum atomic E-state index is 11.7. The zero-order valence-corrected chi connectivity index (χ0v) is 10.7. The van der Waals surface area contributed by atoms with Gasteiger partial charge in [0.25, 0.3) is 0 Å². The number of aliphatic carboxylic acids is 1. The Bertz CT molecular complexity index is 246. The highest BCUT2D eigenvalue weighted by Crippen LogP contribution is 1.95. The standard InChI is InChI=1S/C11H22N2O4/c1-4-6-13(7-10(14)15)11(16)12-9(3)8-17-5-2/h9H,4-8H2,1-3H3,(H,12,16)(H,14,15). The van der Waals surface area contributed by atoms with E-state index < -0.39 is 5.97 Å². The van der Waals surface area contributed by atoms with Gasteiger partial charge in [0.05, 0.1) is 12.6 Å². The molecule has 0 heterocycles. The van der Waals surface area contributed by atoms with Gasteiger partial charge in [0.2, 0.25) is 0 Å². The summed E-state index contributed by atoms with van der Waals surface area (Å²) in [7, 11) is 0. The second-order valence-corrected chi connectivity index (χ2v) is 3.83. The fraction of sp³-hybridized carbons (Fsp3) is 0.818. The van der Waals surface area contributed by atoms with Gasteiger partial charge >= 0.3 is 12.0 Å². The zero-order valence-electron chi connectivity index (χ0n) is 10.7. The quantitative estimate of drug-likeness (QED) is 0.667. The molecule has 0 fully saturated rings. The lowest BCUT2D eigenvalue weighted by molar-refractivity contribution is -0.137. The van der Waals surface area contributed by atoms with Crippen LogP contribution in [0, 0.1) is 0 Å². The number of rotatable bonds is 8. The molecule has 0 spiro atoms. The van der Waals surface area contributed by atoms with Gasteiger partial charge < -0.3 is 20.1 Å². The Labute approximate surface area is 102 Å². The van der Waals surface area contributed by atoms with Crippen LogP contribution in [-0.2, 0) is 9.53 Å². The van der Waals surface area contributed by atoms with E-state index in [4.69, 9.17) is 9.84 Å². The van der Waals surface area contributed by atoms with E-state index in [2.05, 4.69) is 5.32 Å². The third-order valence-electron chi connectivity index (χ3n) is 2.05. The van der Waals surface area contributed by atoms with Crippen LogP contribution in [0.1, 0.15) is 27.2 Å². The molecule has 100 valence electrons. The first-order valence-electron chi connectivity index (χ1n) is 5.86. The monoisotopic (exact) mass is 246 g/mol. The lowest BCUT2D eigenvalue weighted by atomic mass is 10.3. The fourth-order valence-corrected chi connectivity index (χ4v) is 1.32. The van der Waals surface area contributed by atoms with Crippen molar-refractivity contribution in [1.29, 1.82) is 0 Å². The minimum Gasteiger partial charge on any atom is -0.480 e. The number of amides is 2. The van der Waals surface area contributed by atoms with E-state index in [0.29, 0.717) is 19.8 Å². The summed E-state index contributed by atoms with van der Waals surface area (Å²) in [6.45, 7) is 6.76. The van der Waals surface area contributed by atoms with Crippen molar-refractivity contribution in [2.75, 3.05) is 26.3 Å². The highest BCUT2D eigenvalue weighted by Gasteiger charge is 2.17. The van der Waals surface area contributed by atoms with Gasteiger partial charge in [0.15, 0.2) is 0 Å². The lowest BCUT2D eigenvalue weighted by Gasteiger charge is -2.23. The maximum Gasteiger partial charge on any atom is 0.323 e. The molecule has 0 aliphatic carbocycles. The molecule has 1 atom stereocenters. The number of nitrogens with zero attached hydrogens (tertiary/aromatic N) is 1. The number of hydrogen-bond acceptors (Lipinski definition) is 3. The van der Waals surface area contributed by atoms with Gasteiger partial charge in [-0.25, -0.2) is 4.79 Å². The van der Waals surface area contributed by atoms with Crippen LogP contribution >= 0.6 is 0 Å². The topological polar surface area (TPSA) is 78.9 Å². The molecule has 0 aliphatic heterocycles. The SMILES string of the molecule is CCCN(CC(=O)O)C(=O)NC(C)COCC. The second-order valence-electron chi connectivity index (χ2n) is 3.83. The smallest absolute Gasteiger partial charge is 0.323 e. The van der Waals surface area contributed by atoms with Crippen molar-refractivity contribution in [2.45, 2.75) is 33.2 Å². The highest BCUT2D eigenvalue weighted by atomic mass is 16.5. The molecule has 6 nitrogen and oxygen atoms in total. The molecule has 0 bridgehead atoms. The van der Waals surface area contributed by atoms with Crippen molar-refractivity contribution in [2.24, 2.45) is 0 Å². The summed E-state index contributed by atoms with van der Waals surface area (Å²) in [5, 5.41) is 11.4. The third-order valence-corrected chi connectivity index (χ3v) is 2.05. The predicted octanol–water partition coefficient (Wildman–Crippen LogP) is 0.918. The van der Waals surface area contributed by atoms with Crippen molar-refractivity contribution in [3.05, 3.63) is 0 Å². The maximum absolute atomic E-state index is 11.7. The van der Waals surface area contributed by atoms with Gasteiger partial charge in [-0.15, -0.1) is 0 Å². The fourth-order valence-electron chi connectivity index (χ4n) is 1.32. The van der Waals surface area contributed by atoms with E-state index in [1.165, 1.54) is 4.90 Å². The molecule has 0 aromatic heterocycles. The largest absolute Gasteiger partial charge is 0.480 e.